The van der Waals surface area contributed by atoms with Crippen molar-refractivity contribution in [1.82, 2.24) is 9.78 Å². The van der Waals surface area contributed by atoms with Crippen LogP contribution >= 0.6 is 0 Å². The molecular weight excluding hydrogens is 310 g/mol. The van der Waals surface area contributed by atoms with Crippen LogP contribution in [0.5, 0.6) is 0 Å². The number of para-hydroxylation sites is 1. The smallest absolute Gasteiger partial charge is 0.248 e. The number of nitrogens with two attached hydrogens (primary N) is 1. The highest BCUT2D eigenvalue weighted by Gasteiger charge is 2.13. The Hall–Kier alpha value is -3.40. The van der Waals surface area contributed by atoms with Gasteiger partial charge in [-0.2, -0.15) is 5.10 Å². The minimum Gasteiger partial charge on any atom is -0.366 e. The molecule has 3 aromatic carbocycles. The fourth-order valence-electron chi connectivity index (χ4n) is 3.04. The molecular formula is C21H17N3O. The Balaban J connectivity index is 1.85. The third-order valence-electron chi connectivity index (χ3n) is 4.25. The number of primary amides is 1. The number of carbonyl (C=O) groups is 1. The third-order valence-corrected chi connectivity index (χ3v) is 4.25. The molecule has 1 amide bonds. The molecule has 0 fully saturated rings. The number of aromatic nitrogens is 2. The summed E-state index contributed by atoms with van der Waals surface area (Å²) in [6, 6.07) is 25.7. The molecule has 0 bridgehead atoms. The van der Waals surface area contributed by atoms with Crippen molar-refractivity contribution < 1.29 is 4.79 Å². The van der Waals surface area contributed by atoms with Crippen LogP contribution < -0.4 is 5.73 Å². The van der Waals surface area contributed by atoms with E-state index < -0.39 is 5.91 Å². The zero-order valence-corrected chi connectivity index (χ0v) is 13.6. The fourth-order valence-corrected chi connectivity index (χ4v) is 3.04. The topological polar surface area (TPSA) is 60.9 Å². The second kappa shape index (κ2) is 6.24. The molecule has 0 atom stereocenters. The standard InChI is InChI=1S/C21H17N3O/c22-21(25)17-10-6-9-16(13-17)20-18-11-4-5-12-19(18)24(23-20)14-15-7-2-1-3-8-15/h1-13H,14H2,(H2,22,25). The van der Waals surface area contributed by atoms with Gasteiger partial charge in [0.05, 0.1) is 12.1 Å². The van der Waals surface area contributed by atoms with E-state index in [9.17, 15) is 4.79 Å². The first kappa shape index (κ1) is 15.1. The lowest BCUT2D eigenvalue weighted by atomic mass is 10.0. The summed E-state index contributed by atoms with van der Waals surface area (Å²) in [7, 11) is 0. The number of fused-ring (bicyclic) bond motifs is 1. The Labute approximate surface area is 145 Å². The van der Waals surface area contributed by atoms with Crippen LogP contribution in [0.3, 0.4) is 0 Å². The highest BCUT2D eigenvalue weighted by Crippen LogP contribution is 2.28. The summed E-state index contributed by atoms with van der Waals surface area (Å²) >= 11 is 0. The van der Waals surface area contributed by atoms with Crippen molar-refractivity contribution in [2.45, 2.75) is 6.54 Å². The van der Waals surface area contributed by atoms with Crippen LogP contribution in [0.4, 0.5) is 0 Å². The Morgan fingerprint density at radius 1 is 0.920 bits per heavy atom. The highest BCUT2D eigenvalue weighted by molar-refractivity contribution is 5.97. The van der Waals surface area contributed by atoms with Gasteiger partial charge in [0.2, 0.25) is 5.91 Å². The van der Waals surface area contributed by atoms with E-state index in [-0.39, 0.29) is 0 Å². The van der Waals surface area contributed by atoms with Crippen molar-refractivity contribution in [3.63, 3.8) is 0 Å². The second-order valence-electron chi connectivity index (χ2n) is 5.95. The molecule has 0 unspecified atom stereocenters. The van der Waals surface area contributed by atoms with Gasteiger partial charge in [0.25, 0.3) is 0 Å². The number of carbonyl (C=O) groups excluding carboxylic acids is 1. The molecule has 4 heteroatoms. The molecule has 1 aromatic heterocycles. The van der Waals surface area contributed by atoms with E-state index in [4.69, 9.17) is 10.8 Å². The summed E-state index contributed by atoms with van der Waals surface area (Å²) < 4.78 is 2.00. The van der Waals surface area contributed by atoms with E-state index in [0.29, 0.717) is 12.1 Å². The lowest BCUT2D eigenvalue weighted by molar-refractivity contribution is 0.100. The molecule has 4 rings (SSSR count). The molecule has 1 heterocycles. The Morgan fingerprint density at radius 2 is 1.68 bits per heavy atom. The second-order valence-corrected chi connectivity index (χ2v) is 5.95. The summed E-state index contributed by atoms with van der Waals surface area (Å²) in [4.78, 5) is 11.5. The summed E-state index contributed by atoms with van der Waals surface area (Å²) in [5.41, 5.74) is 9.90. The third kappa shape index (κ3) is 2.90. The SMILES string of the molecule is NC(=O)c1cccc(-c2nn(Cc3ccccc3)c3ccccc23)c1. The van der Waals surface area contributed by atoms with Crippen LogP contribution in [0.1, 0.15) is 15.9 Å². The number of nitrogens with zero attached hydrogens (tertiary/aromatic N) is 2. The van der Waals surface area contributed by atoms with Gasteiger partial charge < -0.3 is 5.73 Å². The summed E-state index contributed by atoms with van der Waals surface area (Å²) in [5.74, 6) is -0.435. The van der Waals surface area contributed by atoms with Gasteiger partial charge >= 0.3 is 0 Å². The number of rotatable bonds is 4. The largest absolute Gasteiger partial charge is 0.366 e. The van der Waals surface area contributed by atoms with Gasteiger partial charge in [0.1, 0.15) is 5.69 Å². The van der Waals surface area contributed by atoms with Gasteiger partial charge in [-0.1, -0.05) is 60.7 Å². The average Bonchev–Trinajstić information content (AvgIpc) is 3.01. The summed E-state index contributed by atoms with van der Waals surface area (Å²) in [5, 5.41) is 5.88. The molecule has 4 nitrogen and oxygen atoms in total. The molecule has 25 heavy (non-hydrogen) atoms. The predicted molar refractivity (Wildman–Crippen MR) is 99.2 cm³/mol. The van der Waals surface area contributed by atoms with Gasteiger partial charge in [-0.3, -0.25) is 9.48 Å². The lowest BCUT2D eigenvalue weighted by Crippen LogP contribution is -2.10. The van der Waals surface area contributed by atoms with Crippen LogP contribution in [0.25, 0.3) is 22.2 Å². The zero-order valence-electron chi connectivity index (χ0n) is 13.6. The van der Waals surface area contributed by atoms with Crippen LogP contribution in [0.2, 0.25) is 0 Å². The minimum atomic E-state index is -0.435. The van der Waals surface area contributed by atoms with E-state index in [1.54, 1.807) is 12.1 Å². The van der Waals surface area contributed by atoms with Crippen molar-refractivity contribution >= 4 is 16.8 Å². The summed E-state index contributed by atoms with van der Waals surface area (Å²) in [6.45, 7) is 0.691. The Kier molecular flexibility index (Phi) is 3.78. The van der Waals surface area contributed by atoms with Gasteiger partial charge in [-0.05, 0) is 23.8 Å². The molecule has 0 saturated carbocycles. The number of amides is 1. The van der Waals surface area contributed by atoms with Crippen LogP contribution in [0, 0.1) is 0 Å². The maximum absolute atomic E-state index is 11.5. The molecule has 0 saturated heterocycles. The van der Waals surface area contributed by atoms with Gasteiger partial charge in [0, 0.05) is 16.5 Å². The quantitative estimate of drug-likeness (QED) is 0.619. The maximum Gasteiger partial charge on any atom is 0.248 e. The van der Waals surface area contributed by atoms with Gasteiger partial charge in [-0.25, -0.2) is 0 Å². The minimum absolute atomic E-state index is 0.435. The van der Waals surface area contributed by atoms with Crippen molar-refractivity contribution in [2.75, 3.05) is 0 Å². The first-order valence-electron chi connectivity index (χ1n) is 8.12. The van der Waals surface area contributed by atoms with E-state index in [1.807, 2.05) is 47.1 Å². The van der Waals surface area contributed by atoms with Crippen LogP contribution in [-0.2, 0) is 6.54 Å². The van der Waals surface area contributed by atoms with Gasteiger partial charge in [-0.15, -0.1) is 0 Å². The number of hydrogen-bond donors (Lipinski definition) is 1. The zero-order chi connectivity index (χ0) is 17.2. The monoisotopic (exact) mass is 327 g/mol. The Morgan fingerprint density at radius 3 is 2.48 bits per heavy atom. The number of benzene rings is 3. The first-order valence-corrected chi connectivity index (χ1v) is 8.12. The average molecular weight is 327 g/mol. The molecule has 4 aromatic rings. The van der Waals surface area contributed by atoms with Crippen molar-refractivity contribution in [3.8, 4) is 11.3 Å². The molecule has 0 radical (unpaired) electrons. The van der Waals surface area contributed by atoms with Crippen molar-refractivity contribution in [3.05, 3.63) is 90.0 Å². The molecule has 0 spiro atoms. The van der Waals surface area contributed by atoms with E-state index in [0.717, 1.165) is 22.2 Å². The molecule has 0 aliphatic rings. The highest BCUT2D eigenvalue weighted by atomic mass is 16.1. The lowest BCUT2D eigenvalue weighted by Gasteiger charge is -2.03. The van der Waals surface area contributed by atoms with Crippen LogP contribution in [-0.4, -0.2) is 15.7 Å². The maximum atomic E-state index is 11.5. The molecule has 2 N–H and O–H groups in total. The van der Waals surface area contributed by atoms with Crippen molar-refractivity contribution in [2.24, 2.45) is 5.73 Å². The van der Waals surface area contributed by atoms with Crippen LogP contribution in [0.15, 0.2) is 78.9 Å². The predicted octanol–water partition coefficient (Wildman–Crippen LogP) is 3.85. The van der Waals surface area contributed by atoms with Crippen molar-refractivity contribution in [1.29, 1.82) is 0 Å². The van der Waals surface area contributed by atoms with E-state index >= 15 is 0 Å². The fraction of sp³-hybridized carbons (Fsp3) is 0.0476. The molecule has 122 valence electrons. The Bertz CT molecular complexity index is 1050. The van der Waals surface area contributed by atoms with E-state index in [1.165, 1.54) is 5.56 Å². The van der Waals surface area contributed by atoms with E-state index in [2.05, 4.69) is 24.3 Å². The molecule has 0 aliphatic heterocycles. The molecule has 0 aliphatic carbocycles. The first-order chi connectivity index (χ1) is 12.2. The van der Waals surface area contributed by atoms with Gasteiger partial charge in [0.15, 0.2) is 0 Å². The number of hydrogen-bond acceptors (Lipinski definition) is 2. The normalized spacial score (nSPS) is 10.9. The summed E-state index contributed by atoms with van der Waals surface area (Å²) in [6.07, 6.45) is 0.